The van der Waals surface area contributed by atoms with Gasteiger partial charge in [-0.15, -0.1) is 10.2 Å². The molecule has 7 nitrogen and oxygen atoms in total. The zero-order valence-electron chi connectivity index (χ0n) is 18.0. The molecule has 4 aromatic rings. The second-order valence-electron chi connectivity index (χ2n) is 7.60. The molecule has 0 saturated carbocycles. The highest BCUT2D eigenvalue weighted by molar-refractivity contribution is 7.99. The molecule has 0 saturated heterocycles. The van der Waals surface area contributed by atoms with Crippen LogP contribution in [0.15, 0.2) is 59.8 Å². The van der Waals surface area contributed by atoms with Gasteiger partial charge >= 0.3 is 0 Å². The second-order valence-corrected chi connectivity index (χ2v) is 8.54. The molecular formula is C24H22N4O3S. The van der Waals surface area contributed by atoms with Crippen molar-refractivity contribution >= 4 is 17.5 Å². The number of ketones is 1. The summed E-state index contributed by atoms with van der Waals surface area (Å²) >= 11 is 1.38. The van der Waals surface area contributed by atoms with Gasteiger partial charge in [0.05, 0.1) is 5.75 Å². The van der Waals surface area contributed by atoms with Crippen LogP contribution in [-0.4, -0.2) is 37.7 Å². The number of benzene rings is 2. The molecule has 5 rings (SSSR count). The summed E-state index contributed by atoms with van der Waals surface area (Å²) in [6.07, 6.45) is 0. The number of carbonyl (C=O) groups is 1. The summed E-state index contributed by atoms with van der Waals surface area (Å²) in [5.74, 6) is 2.42. The van der Waals surface area contributed by atoms with Crippen LogP contribution in [-0.2, 0) is 7.05 Å². The third-order valence-corrected chi connectivity index (χ3v) is 6.62. The lowest BCUT2D eigenvalue weighted by Crippen LogP contribution is -2.06. The van der Waals surface area contributed by atoms with Crippen molar-refractivity contribution in [2.24, 2.45) is 7.05 Å². The molecule has 0 fully saturated rings. The number of ether oxygens (including phenoxy) is 2. The zero-order chi connectivity index (χ0) is 22.2. The molecule has 2 aromatic heterocycles. The van der Waals surface area contributed by atoms with Crippen LogP contribution in [0.5, 0.6) is 11.5 Å². The number of aryl methyl sites for hydroxylation is 1. The average molecular weight is 447 g/mol. The van der Waals surface area contributed by atoms with Crippen LogP contribution in [0, 0.1) is 13.8 Å². The van der Waals surface area contributed by atoms with Crippen LogP contribution in [0.2, 0.25) is 0 Å². The monoisotopic (exact) mass is 446 g/mol. The van der Waals surface area contributed by atoms with Crippen molar-refractivity contribution in [2.75, 3.05) is 12.5 Å². The molecule has 8 heteroatoms. The van der Waals surface area contributed by atoms with E-state index in [1.54, 1.807) is 0 Å². The maximum atomic E-state index is 12.9. The number of carbonyl (C=O) groups excluding carboxylic acids is 1. The highest BCUT2D eigenvalue weighted by Gasteiger charge is 2.21. The van der Waals surface area contributed by atoms with Crippen molar-refractivity contribution in [1.82, 2.24) is 19.3 Å². The standard InChI is InChI=1S/C24H22N4O3S/c1-15-11-19(16(2)27(15)3)20(29)13-32-24-26-25-23(28(24)18-7-5-4-6-8-18)17-9-10-21-22(12-17)31-14-30-21/h4-12H,13-14H2,1-3H3. The number of fused-ring (bicyclic) bond motifs is 1. The summed E-state index contributed by atoms with van der Waals surface area (Å²) in [5.41, 5.74) is 4.57. The minimum Gasteiger partial charge on any atom is -0.454 e. The Morgan fingerprint density at radius 3 is 2.56 bits per heavy atom. The first-order chi connectivity index (χ1) is 15.5. The first kappa shape index (κ1) is 20.4. The van der Waals surface area contributed by atoms with Gasteiger partial charge in [0.2, 0.25) is 6.79 Å². The van der Waals surface area contributed by atoms with Gasteiger partial charge in [-0.05, 0) is 50.2 Å². The summed E-state index contributed by atoms with van der Waals surface area (Å²) in [5, 5.41) is 9.53. The van der Waals surface area contributed by atoms with E-state index in [-0.39, 0.29) is 18.3 Å². The van der Waals surface area contributed by atoms with Crippen LogP contribution in [0.4, 0.5) is 0 Å². The Kier molecular flexibility index (Phi) is 5.22. The van der Waals surface area contributed by atoms with Gasteiger partial charge in [-0.3, -0.25) is 9.36 Å². The van der Waals surface area contributed by atoms with Crippen LogP contribution in [0.3, 0.4) is 0 Å². The molecule has 1 aliphatic heterocycles. The van der Waals surface area contributed by atoms with Gasteiger partial charge in [0.1, 0.15) is 0 Å². The van der Waals surface area contributed by atoms with Crippen molar-refractivity contribution in [2.45, 2.75) is 19.0 Å². The molecule has 0 amide bonds. The number of hydrogen-bond acceptors (Lipinski definition) is 6. The molecular weight excluding hydrogens is 424 g/mol. The lowest BCUT2D eigenvalue weighted by Gasteiger charge is -2.10. The van der Waals surface area contributed by atoms with E-state index in [0.717, 1.165) is 28.2 Å². The fourth-order valence-electron chi connectivity index (χ4n) is 3.74. The first-order valence-electron chi connectivity index (χ1n) is 10.2. The highest BCUT2D eigenvalue weighted by atomic mass is 32.2. The van der Waals surface area contributed by atoms with E-state index >= 15 is 0 Å². The maximum Gasteiger partial charge on any atom is 0.231 e. The minimum absolute atomic E-state index is 0.0726. The number of hydrogen-bond donors (Lipinski definition) is 0. The molecule has 0 spiro atoms. The number of para-hydroxylation sites is 1. The molecule has 0 aliphatic carbocycles. The number of aromatic nitrogens is 4. The normalized spacial score (nSPS) is 12.3. The Morgan fingerprint density at radius 2 is 1.81 bits per heavy atom. The van der Waals surface area contributed by atoms with E-state index < -0.39 is 0 Å². The van der Waals surface area contributed by atoms with Crippen molar-refractivity contribution in [3.05, 3.63) is 71.5 Å². The Labute approximate surface area is 190 Å². The quantitative estimate of drug-likeness (QED) is 0.319. The van der Waals surface area contributed by atoms with Crippen LogP contribution in [0.1, 0.15) is 21.7 Å². The Bertz CT molecular complexity index is 1310. The van der Waals surface area contributed by atoms with Crippen molar-refractivity contribution in [1.29, 1.82) is 0 Å². The fraction of sp³-hybridized carbons (Fsp3) is 0.208. The minimum atomic E-state index is 0.0726. The molecule has 0 atom stereocenters. The second kappa shape index (κ2) is 8.20. The lowest BCUT2D eigenvalue weighted by atomic mass is 10.2. The predicted octanol–water partition coefficient (Wildman–Crippen LogP) is 4.59. The number of Topliss-reactive ketones (excluding diaryl/α,β-unsaturated/α-hetero) is 1. The average Bonchev–Trinajstić information content (AvgIpc) is 3.52. The van der Waals surface area contributed by atoms with Crippen LogP contribution >= 0.6 is 11.8 Å². The molecule has 0 bridgehead atoms. The van der Waals surface area contributed by atoms with Gasteiger partial charge in [0.15, 0.2) is 28.3 Å². The van der Waals surface area contributed by atoms with Crippen LogP contribution < -0.4 is 9.47 Å². The van der Waals surface area contributed by atoms with Crippen LogP contribution in [0.25, 0.3) is 17.1 Å². The SMILES string of the molecule is Cc1cc(C(=O)CSc2nnc(-c3ccc4c(c3)OCO4)n2-c2ccccc2)c(C)n1C. The summed E-state index contributed by atoms with van der Waals surface area (Å²) < 4.78 is 15.0. The number of nitrogens with zero attached hydrogens (tertiary/aromatic N) is 4. The number of rotatable bonds is 6. The van der Waals surface area contributed by atoms with Crippen molar-refractivity contribution in [3.63, 3.8) is 0 Å². The van der Waals surface area contributed by atoms with E-state index in [4.69, 9.17) is 9.47 Å². The van der Waals surface area contributed by atoms with E-state index in [9.17, 15) is 4.79 Å². The predicted molar refractivity (Wildman–Crippen MR) is 123 cm³/mol. The molecule has 1 aliphatic rings. The third-order valence-electron chi connectivity index (χ3n) is 5.69. The molecule has 0 N–H and O–H groups in total. The van der Waals surface area contributed by atoms with Gasteiger partial charge in [0, 0.05) is 35.2 Å². The molecule has 0 radical (unpaired) electrons. The van der Waals surface area contributed by atoms with Crippen molar-refractivity contribution in [3.8, 4) is 28.6 Å². The van der Waals surface area contributed by atoms with Gasteiger partial charge in [-0.25, -0.2) is 0 Å². The van der Waals surface area contributed by atoms with Gasteiger partial charge < -0.3 is 14.0 Å². The molecule has 162 valence electrons. The molecule has 3 heterocycles. The van der Waals surface area contributed by atoms with E-state index in [1.165, 1.54) is 11.8 Å². The molecule has 0 unspecified atom stereocenters. The van der Waals surface area contributed by atoms with E-state index in [0.29, 0.717) is 22.5 Å². The fourth-order valence-corrected chi connectivity index (χ4v) is 4.58. The Hall–Kier alpha value is -3.52. The summed E-state index contributed by atoms with van der Waals surface area (Å²) in [4.78, 5) is 12.9. The van der Waals surface area contributed by atoms with E-state index in [2.05, 4.69) is 10.2 Å². The number of thioether (sulfide) groups is 1. The molecule has 2 aromatic carbocycles. The lowest BCUT2D eigenvalue weighted by molar-refractivity contribution is 0.102. The van der Waals surface area contributed by atoms with Gasteiger partial charge in [-0.2, -0.15) is 0 Å². The zero-order valence-corrected chi connectivity index (χ0v) is 18.8. The van der Waals surface area contributed by atoms with Gasteiger partial charge in [-0.1, -0.05) is 30.0 Å². The Balaban J connectivity index is 1.49. The topological polar surface area (TPSA) is 71.2 Å². The van der Waals surface area contributed by atoms with E-state index in [1.807, 2.05) is 84.6 Å². The smallest absolute Gasteiger partial charge is 0.231 e. The summed E-state index contributed by atoms with van der Waals surface area (Å²) in [6.45, 7) is 4.18. The third kappa shape index (κ3) is 3.56. The largest absolute Gasteiger partial charge is 0.454 e. The Morgan fingerprint density at radius 1 is 1.03 bits per heavy atom. The highest BCUT2D eigenvalue weighted by Crippen LogP contribution is 2.37. The first-order valence-corrected chi connectivity index (χ1v) is 11.2. The van der Waals surface area contributed by atoms with Crippen molar-refractivity contribution < 1.29 is 14.3 Å². The summed E-state index contributed by atoms with van der Waals surface area (Å²) in [7, 11) is 1.97. The van der Waals surface area contributed by atoms with Gasteiger partial charge in [0.25, 0.3) is 0 Å². The molecule has 32 heavy (non-hydrogen) atoms. The maximum absolute atomic E-state index is 12.9. The summed E-state index contributed by atoms with van der Waals surface area (Å²) in [6, 6.07) is 17.5.